The van der Waals surface area contributed by atoms with E-state index in [4.69, 9.17) is 4.74 Å². The van der Waals surface area contributed by atoms with E-state index in [1.807, 2.05) is 12.1 Å². The van der Waals surface area contributed by atoms with Crippen LogP contribution in [0.3, 0.4) is 0 Å². The first-order chi connectivity index (χ1) is 34.4. The van der Waals surface area contributed by atoms with Crippen LogP contribution in [0, 0.1) is 18.8 Å². The Balaban J connectivity index is 0.000000305. The number of hydrogen-bond donors (Lipinski definition) is 4. The number of carbonyl (C=O) groups excluding carboxylic acids is 4. The molecule has 6 heterocycles. The van der Waals surface area contributed by atoms with Crippen LogP contribution in [0.25, 0.3) is 27.7 Å². The SMILES string of the molecule is O=C1CCC(N2Cc3[c-]cccc3C2=O)C(=O)N1.[CH2-]C(=O)NCCOCCN1CCN(c2ccc(Nc3nc(-c4cccc(-n5ccc6cc(C7CC7)cc(F)c6c5=O)c4CO)cn(C)c3=O)nc2)CC1.[Y]. The van der Waals surface area contributed by atoms with Gasteiger partial charge in [-0.05, 0) is 66.5 Å². The maximum atomic E-state index is 15.3. The average Bonchev–Trinajstić information content (AvgIpc) is 4.17. The summed E-state index contributed by atoms with van der Waals surface area (Å²) >= 11 is 0. The zero-order valence-corrected chi connectivity index (χ0v) is 42.6. The molecule has 371 valence electrons. The number of halogens is 1. The molecule has 6 aromatic rings. The van der Waals surface area contributed by atoms with E-state index >= 15 is 4.39 Å². The summed E-state index contributed by atoms with van der Waals surface area (Å²) in [6.07, 6.45) is 7.64. The van der Waals surface area contributed by atoms with E-state index in [0.717, 1.165) is 62.4 Å². The number of anilines is 3. The van der Waals surface area contributed by atoms with Crippen molar-refractivity contribution in [3.8, 4) is 16.9 Å². The molecule has 0 bridgehead atoms. The number of carbonyl (C=O) groups is 4. The number of piperidine rings is 1. The van der Waals surface area contributed by atoms with Gasteiger partial charge in [0.1, 0.15) is 17.7 Å². The van der Waals surface area contributed by atoms with Crippen molar-refractivity contribution < 1.29 is 66.1 Å². The summed E-state index contributed by atoms with van der Waals surface area (Å²) in [6.45, 7) is 8.91. The molecule has 3 aromatic heterocycles. The Hall–Kier alpha value is -6.64. The quantitative estimate of drug-likeness (QED) is 0.0697. The second kappa shape index (κ2) is 22.8. The first-order valence-electron chi connectivity index (χ1n) is 23.5. The van der Waals surface area contributed by atoms with E-state index in [1.54, 1.807) is 74.2 Å². The van der Waals surface area contributed by atoms with Crippen molar-refractivity contribution in [2.45, 2.75) is 50.8 Å². The van der Waals surface area contributed by atoms with Gasteiger partial charge in [-0.3, -0.25) is 38.8 Å². The summed E-state index contributed by atoms with van der Waals surface area (Å²) in [5, 5.41) is 19.1. The summed E-state index contributed by atoms with van der Waals surface area (Å²) < 4.78 is 23.6. The molecular formula is C52H53FN10O8Y-2. The third-order valence-corrected chi connectivity index (χ3v) is 13.1. The van der Waals surface area contributed by atoms with Gasteiger partial charge >= 0.3 is 0 Å². The van der Waals surface area contributed by atoms with Crippen LogP contribution in [0.4, 0.5) is 21.7 Å². The smallest absolute Gasteiger partial charge is 0.293 e. The monoisotopic (exact) mass is 1050 g/mol. The number of rotatable bonds is 14. The van der Waals surface area contributed by atoms with Crippen molar-refractivity contribution in [2.24, 2.45) is 7.05 Å². The van der Waals surface area contributed by atoms with Crippen LogP contribution in [-0.4, -0.2) is 116 Å². The second-order valence-electron chi connectivity index (χ2n) is 17.9. The van der Waals surface area contributed by atoms with Crippen LogP contribution >= 0.6 is 0 Å². The Morgan fingerprint density at radius 3 is 2.47 bits per heavy atom. The predicted octanol–water partition coefficient (Wildman–Crippen LogP) is 3.73. The van der Waals surface area contributed by atoms with Gasteiger partial charge in [-0.15, -0.1) is 5.56 Å². The second-order valence-corrected chi connectivity index (χ2v) is 17.9. The number of hydrogen-bond acceptors (Lipinski definition) is 13. The summed E-state index contributed by atoms with van der Waals surface area (Å²) in [5.74, 6) is -0.856. The first kappa shape index (κ1) is 51.7. The number of piperazine rings is 1. The Kier molecular flexibility index (Phi) is 16.4. The van der Waals surface area contributed by atoms with Crippen LogP contribution in [0.5, 0.6) is 0 Å². The summed E-state index contributed by atoms with van der Waals surface area (Å²) in [4.78, 5) is 88.0. The molecule has 72 heavy (non-hydrogen) atoms. The Labute approximate surface area is 439 Å². The molecule has 2 saturated heterocycles. The van der Waals surface area contributed by atoms with E-state index in [1.165, 1.54) is 20.1 Å². The van der Waals surface area contributed by atoms with E-state index in [0.29, 0.717) is 77.9 Å². The van der Waals surface area contributed by atoms with Crippen molar-refractivity contribution in [1.82, 2.24) is 39.5 Å². The van der Waals surface area contributed by atoms with Gasteiger partial charge in [0.15, 0.2) is 11.7 Å². The predicted molar refractivity (Wildman–Crippen MR) is 263 cm³/mol. The first-order valence-corrected chi connectivity index (χ1v) is 23.5. The number of pyridine rings is 2. The van der Waals surface area contributed by atoms with E-state index in [9.17, 15) is 33.9 Å². The van der Waals surface area contributed by atoms with Gasteiger partial charge in [0.2, 0.25) is 11.8 Å². The number of aliphatic hydroxyl groups excluding tert-OH is 1. The van der Waals surface area contributed by atoms with Crippen LogP contribution in [0.1, 0.15) is 58.6 Å². The zero-order chi connectivity index (χ0) is 49.8. The molecule has 3 fully saturated rings. The zero-order valence-electron chi connectivity index (χ0n) is 39.7. The number of ether oxygens (including phenoxy) is 1. The van der Waals surface area contributed by atoms with Crippen molar-refractivity contribution in [3.05, 3.63) is 147 Å². The number of nitrogens with zero attached hydrogens (tertiary/aromatic N) is 7. The van der Waals surface area contributed by atoms with Gasteiger partial charge in [-0.2, -0.15) is 24.3 Å². The van der Waals surface area contributed by atoms with Crippen LogP contribution in [0.2, 0.25) is 0 Å². The molecule has 0 spiro atoms. The Morgan fingerprint density at radius 1 is 0.972 bits per heavy atom. The van der Waals surface area contributed by atoms with Crippen molar-refractivity contribution in [1.29, 1.82) is 0 Å². The molecule has 10 rings (SSSR count). The molecule has 20 heteroatoms. The maximum absolute atomic E-state index is 15.3. The van der Waals surface area contributed by atoms with Gasteiger partial charge in [-0.1, -0.05) is 23.8 Å². The third kappa shape index (κ3) is 11.5. The molecule has 1 unspecified atom stereocenters. The molecule has 1 aliphatic carbocycles. The summed E-state index contributed by atoms with van der Waals surface area (Å²) in [5.41, 5.74) is 4.06. The van der Waals surface area contributed by atoms with Gasteiger partial charge in [0.05, 0.1) is 54.4 Å². The van der Waals surface area contributed by atoms with Crippen LogP contribution in [-0.2, 0) is 72.0 Å². The molecule has 4 amide bonds. The minimum absolute atomic E-state index is 0. The fraction of sp³-hybridized carbons (Fsp3) is 0.327. The summed E-state index contributed by atoms with van der Waals surface area (Å²) in [7, 11) is 1.61. The van der Waals surface area contributed by atoms with E-state index < -0.39 is 24.0 Å². The number of fused-ring (bicyclic) bond motifs is 2. The molecule has 4 N–H and O–H groups in total. The topological polar surface area (TPSA) is 213 Å². The number of imide groups is 1. The fourth-order valence-corrected chi connectivity index (χ4v) is 9.20. The van der Waals surface area contributed by atoms with E-state index in [-0.39, 0.29) is 79.5 Å². The minimum atomic E-state index is -0.557. The number of aliphatic hydroxyl groups is 1. The maximum Gasteiger partial charge on any atom is 0.293 e. The molecule has 3 aliphatic heterocycles. The number of aryl methyl sites for hydroxylation is 1. The molecule has 3 aromatic carbocycles. The third-order valence-electron chi connectivity index (χ3n) is 13.1. The van der Waals surface area contributed by atoms with Crippen LogP contribution < -0.4 is 32.0 Å². The Morgan fingerprint density at radius 2 is 1.76 bits per heavy atom. The number of aromatic nitrogens is 4. The number of nitrogens with one attached hydrogen (secondary N) is 3. The van der Waals surface area contributed by atoms with Gasteiger partial charge in [-0.25, -0.2) is 14.4 Å². The fourth-order valence-electron chi connectivity index (χ4n) is 9.20. The normalized spacial score (nSPS) is 16.7. The molecule has 4 aliphatic rings. The van der Waals surface area contributed by atoms with Gasteiger partial charge < -0.3 is 46.6 Å². The largest absolute Gasteiger partial charge is 0.392 e. The minimum Gasteiger partial charge on any atom is -0.392 e. The van der Waals surface area contributed by atoms with Crippen molar-refractivity contribution in [3.63, 3.8) is 0 Å². The standard InChI is InChI=1S/C39H42FN8O5.C13H11N2O3.Y/c1-25(50)41-11-18-53-19-17-46-13-15-47(16-14-46)29-8-9-35(42-22-29)44-37-39(52)45(2)23-33(43-37)30-4-3-5-34(31(30)24-49)48-12-10-27-20-28(26-6-7-26)21-32(40)36(27)38(48)51;16-11-6-5-10(12(17)14-11)15-7-8-3-1-2-4-9(8)13(15)18;/h3-5,8-10,12,20-23,26,49H,1,6-7,11,13-19,24H2,2H3,(H,41,50)(H,42,43,44);1-2,4,10H,5-7H2,(H,14,16,17);/q2*-1;. The van der Waals surface area contributed by atoms with Crippen molar-refractivity contribution >= 4 is 51.7 Å². The molecule has 1 saturated carbocycles. The van der Waals surface area contributed by atoms with E-state index in [2.05, 4.69) is 48.7 Å². The molecule has 1 radical (unpaired) electrons. The molecule has 1 atom stereocenters. The number of amides is 4. The van der Waals surface area contributed by atoms with Gasteiger partial charge in [0.25, 0.3) is 11.1 Å². The van der Waals surface area contributed by atoms with Gasteiger partial charge in [0, 0.05) is 116 Å². The van der Waals surface area contributed by atoms with Crippen molar-refractivity contribution in [2.75, 3.05) is 62.7 Å². The average molecular weight is 1050 g/mol. The summed E-state index contributed by atoms with van der Waals surface area (Å²) in [6, 6.07) is 21.7. The van der Waals surface area contributed by atoms with Crippen LogP contribution in [0.15, 0.2) is 94.9 Å². The Bertz CT molecular complexity index is 3140. The molecule has 18 nitrogen and oxygen atoms in total. The molecular weight excluding hydrogens is 1000 g/mol. The number of benzene rings is 3.